The van der Waals surface area contributed by atoms with Crippen molar-refractivity contribution >= 4 is 10.0 Å². The number of benzene rings is 2. The van der Waals surface area contributed by atoms with E-state index >= 15 is 0 Å². The van der Waals surface area contributed by atoms with E-state index in [1.54, 1.807) is 6.07 Å². The summed E-state index contributed by atoms with van der Waals surface area (Å²) in [5.41, 5.74) is -3.45. The molecule has 1 heterocycles. The third-order valence-corrected chi connectivity index (χ3v) is 5.32. The van der Waals surface area contributed by atoms with Crippen LogP contribution in [0.25, 0.3) is 0 Å². The van der Waals surface area contributed by atoms with Gasteiger partial charge in [-0.1, -0.05) is 0 Å². The zero-order valence-corrected chi connectivity index (χ0v) is 15.6. The Balaban J connectivity index is 1.70. The summed E-state index contributed by atoms with van der Waals surface area (Å²) in [4.78, 5) is -1.16. The second-order valence-corrected chi connectivity index (χ2v) is 7.77. The van der Waals surface area contributed by atoms with Gasteiger partial charge in [-0.15, -0.1) is 0 Å². The number of sulfonamides is 1. The Morgan fingerprint density at radius 3 is 2.10 bits per heavy atom. The molecule has 0 aromatic heterocycles. The number of hydrogen-bond donors (Lipinski definition) is 1. The van der Waals surface area contributed by atoms with Gasteiger partial charge in [0.05, 0.1) is 16.0 Å². The van der Waals surface area contributed by atoms with E-state index in [1.165, 1.54) is 12.1 Å². The molecule has 0 fully saturated rings. The monoisotopic (exact) mass is 457 g/mol. The molecule has 164 valence electrons. The standard InChI is InChI=1S/C17H13F6NO5S/c18-16(19,20)10-5-11(17(21,22)23)7-13(6-10)30(25,26)24-3-4-27-12-1-2-14-15(8-12)29-9-28-14/h1-2,5-8,24H,3-4,9H2. The molecule has 0 atom stereocenters. The van der Waals surface area contributed by atoms with E-state index in [9.17, 15) is 34.8 Å². The van der Waals surface area contributed by atoms with Crippen LogP contribution in [-0.2, 0) is 22.4 Å². The summed E-state index contributed by atoms with van der Waals surface area (Å²) >= 11 is 0. The fourth-order valence-electron chi connectivity index (χ4n) is 2.48. The second kappa shape index (κ2) is 7.87. The SMILES string of the molecule is O=S(=O)(NCCOc1ccc2c(c1)OCO2)c1cc(C(F)(F)F)cc(C(F)(F)F)c1. The van der Waals surface area contributed by atoms with E-state index in [0.717, 1.165) is 0 Å². The van der Waals surface area contributed by atoms with E-state index in [2.05, 4.69) is 0 Å². The van der Waals surface area contributed by atoms with Gasteiger partial charge in [-0.2, -0.15) is 26.3 Å². The summed E-state index contributed by atoms with van der Waals surface area (Å²) < 4.78 is 119. The van der Waals surface area contributed by atoms with Crippen molar-refractivity contribution in [1.82, 2.24) is 4.72 Å². The Hall–Kier alpha value is -2.67. The van der Waals surface area contributed by atoms with Crippen LogP contribution in [0.1, 0.15) is 11.1 Å². The smallest absolute Gasteiger partial charge is 0.416 e. The molecule has 0 saturated heterocycles. The van der Waals surface area contributed by atoms with Crippen molar-refractivity contribution in [3.05, 3.63) is 47.5 Å². The summed E-state index contributed by atoms with van der Waals surface area (Å²) in [7, 11) is -4.66. The Morgan fingerprint density at radius 1 is 0.900 bits per heavy atom. The van der Waals surface area contributed by atoms with Crippen LogP contribution in [0.5, 0.6) is 17.2 Å². The number of hydrogen-bond acceptors (Lipinski definition) is 5. The third kappa shape index (κ3) is 5.08. The highest BCUT2D eigenvalue weighted by atomic mass is 32.2. The van der Waals surface area contributed by atoms with Gasteiger partial charge >= 0.3 is 12.4 Å². The summed E-state index contributed by atoms with van der Waals surface area (Å²) in [6.45, 7) is -0.617. The zero-order chi connectivity index (χ0) is 22.2. The van der Waals surface area contributed by atoms with Crippen molar-refractivity contribution in [2.45, 2.75) is 17.2 Å². The Labute approximate surface area is 166 Å². The first-order valence-corrected chi connectivity index (χ1v) is 9.66. The number of ether oxygens (including phenoxy) is 3. The van der Waals surface area contributed by atoms with E-state index in [4.69, 9.17) is 14.2 Å². The van der Waals surface area contributed by atoms with Gasteiger partial charge in [-0.3, -0.25) is 0 Å². The van der Waals surface area contributed by atoms with Gasteiger partial charge in [-0.05, 0) is 30.3 Å². The van der Waals surface area contributed by atoms with Crippen molar-refractivity contribution in [3.8, 4) is 17.2 Å². The molecular weight excluding hydrogens is 444 g/mol. The molecule has 13 heteroatoms. The van der Waals surface area contributed by atoms with Gasteiger partial charge in [0, 0.05) is 12.6 Å². The van der Waals surface area contributed by atoms with E-state index in [-0.39, 0.29) is 31.6 Å². The summed E-state index contributed by atoms with van der Waals surface area (Å²) in [5, 5.41) is 0. The molecule has 3 rings (SSSR count). The van der Waals surface area contributed by atoms with Crippen LogP contribution < -0.4 is 18.9 Å². The minimum absolute atomic E-state index is 0.0372. The molecule has 2 aromatic rings. The van der Waals surface area contributed by atoms with Gasteiger partial charge in [0.1, 0.15) is 12.4 Å². The van der Waals surface area contributed by atoms with Gasteiger partial charge in [0.2, 0.25) is 16.8 Å². The van der Waals surface area contributed by atoms with Crippen molar-refractivity contribution in [2.75, 3.05) is 19.9 Å². The number of fused-ring (bicyclic) bond motifs is 1. The lowest BCUT2D eigenvalue weighted by atomic mass is 10.1. The lowest BCUT2D eigenvalue weighted by Crippen LogP contribution is -2.29. The minimum Gasteiger partial charge on any atom is -0.492 e. The van der Waals surface area contributed by atoms with Crippen LogP contribution in [-0.4, -0.2) is 28.4 Å². The van der Waals surface area contributed by atoms with Gasteiger partial charge in [0.15, 0.2) is 11.5 Å². The predicted molar refractivity (Wildman–Crippen MR) is 89.7 cm³/mol. The van der Waals surface area contributed by atoms with Gasteiger partial charge < -0.3 is 14.2 Å². The average Bonchev–Trinajstić information content (AvgIpc) is 3.11. The lowest BCUT2D eigenvalue weighted by molar-refractivity contribution is -0.143. The maximum atomic E-state index is 12.9. The van der Waals surface area contributed by atoms with Crippen LogP contribution in [0.2, 0.25) is 0 Å². The molecular formula is C17H13F6NO5S. The molecule has 0 radical (unpaired) electrons. The quantitative estimate of drug-likeness (QED) is 0.528. The van der Waals surface area contributed by atoms with Crippen LogP contribution in [0.3, 0.4) is 0 Å². The van der Waals surface area contributed by atoms with Crippen molar-refractivity contribution in [3.63, 3.8) is 0 Å². The second-order valence-electron chi connectivity index (χ2n) is 6.00. The van der Waals surface area contributed by atoms with Crippen molar-refractivity contribution in [1.29, 1.82) is 0 Å². The first kappa shape index (κ1) is 22.0. The van der Waals surface area contributed by atoms with Crippen LogP contribution in [0.4, 0.5) is 26.3 Å². The Kier molecular flexibility index (Phi) is 5.78. The molecule has 30 heavy (non-hydrogen) atoms. The molecule has 0 aliphatic carbocycles. The summed E-state index contributed by atoms with van der Waals surface area (Å²) in [6.07, 6.45) is -10.3. The highest BCUT2D eigenvalue weighted by Crippen LogP contribution is 2.37. The van der Waals surface area contributed by atoms with Crippen LogP contribution in [0.15, 0.2) is 41.3 Å². The molecule has 0 unspecified atom stereocenters. The number of rotatable bonds is 6. The number of nitrogens with one attached hydrogen (secondary N) is 1. The fraction of sp³-hybridized carbons (Fsp3) is 0.294. The highest BCUT2D eigenvalue weighted by Gasteiger charge is 2.38. The number of alkyl halides is 6. The van der Waals surface area contributed by atoms with E-state index in [0.29, 0.717) is 17.2 Å². The van der Waals surface area contributed by atoms with Crippen molar-refractivity contribution < 1.29 is 49.0 Å². The average molecular weight is 457 g/mol. The molecule has 6 nitrogen and oxygen atoms in total. The fourth-order valence-corrected chi connectivity index (χ4v) is 3.56. The zero-order valence-electron chi connectivity index (χ0n) is 14.8. The molecule has 1 aliphatic rings. The van der Waals surface area contributed by atoms with Gasteiger partial charge in [-0.25, -0.2) is 13.1 Å². The maximum Gasteiger partial charge on any atom is 0.416 e. The first-order chi connectivity index (χ1) is 13.9. The lowest BCUT2D eigenvalue weighted by Gasteiger charge is -2.15. The molecule has 0 saturated carbocycles. The van der Waals surface area contributed by atoms with Gasteiger partial charge in [0.25, 0.3) is 0 Å². The summed E-state index contributed by atoms with van der Waals surface area (Å²) in [5.74, 6) is 1.21. The Bertz CT molecular complexity index is 1000. The minimum atomic E-state index is -5.16. The largest absolute Gasteiger partial charge is 0.492 e. The number of halogens is 6. The topological polar surface area (TPSA) is 73.9 Å². The Morgan fingerprint density at radius 2 is 1.50 bits per heavy atom. The molecule has 0 amide bonds. The summed E-state index contributed by atoms with van der Waals surface area (Å²) in [6, 6.07) is 4.68. The van der Waals surface area contributed by atoms with Crippen molar-refractivity contribution in [2.24, 2.45) is 0 Å². The molecule has 1 N–H and O–H groups in total. The normalized spacial score (nSPS) is 14.1. The maximum absolute atomic E-state index is 12.9. The molecule has 1 aliphatic heterocycles. The van der Waals surface area contributed by atoms with E-state index in [1.807, 2.05) is 4.72 Å². The molecule has 2 aromatic carbocycles. The highest BCUT2D eigenvalue weighted by molar-refractivity contribution is 7.89. The predicted octanol–water partition coefficient (Wildman–Crippen LogP) is 3.81. The van der Waals surface area contributed by atoms with E-state index < -0.39 is 44.9 Å². The van der Waals surface area contributed by atoms with Crippen LogP contribution in [0, 0.1) is 0 Å². The molecule has 0 spiro atoms. The molecule has 0 bridgehead atoms. The van der Waals surface area contributed by atoms with Crippen LogP contribution >= 0.6 is 0 Å². The third-order valence-electron chi connectivity index (χ3n) is 3.88. The first-order valence-electron chi connectivity index (χ1n) is 8.18.